The number of anilines is 1. The van der Waals surface area contributed by atoms with E-state index < -0.39 is 6.10 Å². The van der Waals surface area contributed by atoms with Crippen LogP contribution < -0.4 is 19.5 Å². The average molecular weight is 456 g/mol. The summed E-state index contributed by atoms with van der Waals surface area (Å²) in [6.07, 6.45) is 1.08. The molecule has 1 aromatic heterocycles. The Kier molecular flexibility index (Phi) is 4.72. The van der Waals surface area contributed by atoms with E-state index in [0.717, 1.165) is 39.5 Å². The van der Waals surface area contributed by atoms with Crippen molar-refractivity contribution >= 4 is 11.6 Å². The first kappa shape index (κ1) is 20.3. The minimum Gasteiger partial charge on any atom is -0.497 e. The normalized spacial score (nSPS) is 18.2. The van der Waals surface area contributed by atoms with Gasteiger partial charge >= 0.3 is 0 Å². The van der Waals surface area contributed by atoms with Gasteiger partial charge in [-0.05, 0) is 53.6 Å². The zero-order valence-corrected chi connectivity index (χ0v) is 18.5. The van der Waals surface area contributed by atoms with Crippen molar-refractivity contribution in [2.24, 2.45) is 0 Å². The maximum atomic E-state index is 13.8. The minimum absolute atomic E-state index is 0.299. The van der Waals surface area contributed by atoms with E-state index in [1.165, 1.54) is 18.5 Å². The molecule has 4 aromatic rings. The monoisotopic (exact) mass is 456 g/mol. The number of nitrogens with zero attached hydrogens (tertiary/aromatic N) is 3. The van der Waals surface area contributed by atoms with Gasteiger partial charge in [0.1, 0.15) is 41.5 Å². The van der Waals surface area contributed by atoms with Crippen molar-refractivity contribution in [3.8, 4) is 17.2 Å². The third-order valence-electron chi connectivity index (χ3n) is 6.23. The fourth-order valence-electron chi connectivity index (χ4n) is 4.60. The number of methoxy groups -OCH3 is 2. The molecule has 0 unspecified atom stereocenters. The largest absolute Gasteiger partial charge is 0.497 e. The minimum atomic E-state index is -0.429. The Morgan fingerprint density at radius 3 is 2.35 bits per heavy atom. The molecule has 6 rings (SSSR count). The highest BCUT2D eigenvalue weighted by Crippen LogP contribution is 2.51. The van der Waals surface area contributed by atoms with Crippen LogP contribution in [0.1, 0.15) is 28.8 Å². The lowest BCUT2D eigenvalue weighted by molar-refractivity contribution is 0.222. The van der Waals surface area contributed by atoms with Gasteiger partial charge in [0.25, 0.3) is 0 Å². The molecule has 170 valence electrons. The molecule has 0 bridgehead atoms. The van der Waals surface area contributed by atoms with E-state index in [1.807, 2.05) is 42.5 Å². The highest BCUT2D eigenvalue weighted by molar-refractivity contribution is 5.85. The molecule has 3 heterocycles. The number of aromatic nitrogens is 3. The molecule has 3 aromatic carbocycles. The van der Waals surface area contributed by atoms with Crippen LogP contribution in [-0.4, -0.2) is 29.0 Å². The molecular formula is C26H21FN4O3. The second kappa shape index (κ2) is 7.91. The molecule has 2 atom stereocenters. The number of hydrogen-bond donors (Lipinski definition) is 1. The summed E-state index contributed by atoms with van der Waals surface area (Å²) in [6.45, 7) is 0. The van der Waals surface area contributed by atoms with Gasteiger partial charge in [0.15, 0.2) is 0 Å². The number of halogens is 1. The Balaban J connectivity index is 1.60. The fourth-order valence-corrected chi connectivity index (χ4v) is 4.60. The van der Waals surface area contributed by atoms with Gasteiger partial charge in [-0.25, -0.2) is 9.07 Å². The number of fused-ring (bicyclic) bond motifs is 3. The predicted molar refractivity (Wildman–Crippen MR) is 124 cm³/mol. The molecule has 2 aliphatic rings. The molecule has 2 aliphatic heterocycles. The topological polar surface area (TPSA) is 70.4 Å². The van der Waals surface area contributed by atoms with E-state index in [-0.39, 0.29) is 11.9 Å². The SMILES string of the molecule is COc1ccc([C@@H]2Oc3ccc(OC)cc3C3=C2[C@@H](c2ccc(F)cc2)n2ncnc2N3)cc1. The molecule has 0 amide bonds. The fraction of sp³-hybridized carbons (Fsp3) is 0.154. The molecule has 0 spiro atoms. The van der Waals surface area contributed by atoms with Crippen LogP contribution in [0.15, 0.2) is 78.6 Å². The summed E-state index contributed by atoms with van der Waals surface area (Å²) < 4.78 is 33.0. The summed E-state index contributed by atoms with van der Waals surface area (Å²) in [5.41, 5.74) is 4.50. The van der Waals surface area contributed by atoms with Crippen molar-refractivity contribution in [1.29, 1.82) is 0 Å². The second-order valence-electron chi connectivity index (χ2n) is 8.07. The van der Waals surface area contributed by atoms with Crippen LogP contribution >= 0.6 is 0 Å². The van der Waals surface area contributed by atoms with Gasteiger partial charge in [0, 0.05) is 11.1 Å². The first-order valence-electron chi connectivity index (χ1n) is 10.8. The summed E-state index contributed by atoms with van der Waals surface area (Å²) in [4.78, 5) is 4.42. The van der Waals surface area contributed by atoms with Crippen LogP contribution in [0.5, 0.6) is 17.2 Å². The summed E-state index contributed by atoms with van der Waals surface area (Å²) >= 11 is 0. The van der Waals surface area contributed by atoms with Gasteiger partial charge in [-0.1, -0.05) is 24.3 Å². The van der Waals surface area contributed by atoms with Crippen molar-refractivity contribution < 1.29 is 18.6 Å². The van der Waals surface area contributed by atoms with E-state index in [9.17, 15) is 4.39 Å². The van der Waals surface area contributed by atoms with E-state index >= 15 is 0 Å². The number of ether oxygens (including phenoxy) is 3. The van der Waals surface area contributed by atoms with Gasteiger partial charge in [-0.15, -0.1) is 0 Å². The second-order valence-corrected chi connectivity index (χ2v) is 8.07. The van der Waals surface area contributed by atoms with E-state index in [1.54, 1.807) is 31.0 Å². The van der Waals surface area contributed by atoms with Crippen LogP contribution in [-0.2, 0) is 0 Å². The van der Waals surface area contributed by atoms with Crippen LogP contribution in [0, 0.1) is 5.82 Å². The molecule has 0 radical (unpaired) electrons. The summed E-state index contributed by atoms with van der Waals surface area (Å²) in [6, 6.07) is 19.6. The molecule has 34 heavy (non-hydrogen) atoms. The Hall–Kier alpha value is -4.33. The van der Waals surface area contributed by atoms with Crippen LogP contribution in [0.25, 0.3) is 5.70 Å². The standard InChI is InChI=1S/C26H21FN4O3/c1-32-18-9-5-16(6-10-18)25-22-23(20-13-19(33-2)11-12-21(20)34-25)30-26-28-14-29-31(26)24(22)15-3-7-17(27)8-4-15/h3-14,24-25H,1-2H3,(H,28,29,30)/t24-,25+/m1/s1. The zero-order valence-electron chi connectivity index (χ0n) is 18.5. The number of nitrogens with one attached hydrogen (secondary N) is 1. The smallest absolute Gasteiger partial charge is 0.226 e. The lowest BCUT2D eigenvalue weighted by atomic mass is 9.84. The van der Waals surface area contributed by atoms with Gasteiger partial charge in [0.05, 0.1) is 19.9 Å². The van der Waals surface area contributed by atoms with Crippen LogP contribution in [0.2, 0.25) is 0 Å². The van der Waals surface area contributed by atoms with Gasteiger partial charge < -0.3 is 19.5 Å². The molecule has 0 aliphatic carbocycles. The first-order valence-corrected chi connectivity index (χ1v) is 10.8. The van der Waals surface area contributed by atoms with Crippen LogP contribution in [0.3, 0.4) is 0 Å². The highest BCUT2D eigenvalue weighted by Gasteiger charge is 2.41. The van der Waals surface area contributed by atoms with Crippen molar-refractivity contribution in [2.45, 2.75) is 12.1 Å². The van der Waals surface area contributed by atoms with Gasteiger partial charge in [-0.3, -0.25) is 0 Å². The van der Waals surface area contributed by atoms with E-state index in [4.69, 9.17) is 14.2 Å². The van der Waals surface area contributed by atoms with Crippen molar-refractivity contribution in [2.75, 3.05) is 19.5 Å². The summed E-state index contributed by atoms with van der Waals surface area (Å²) in [5, 5.41) is 7.94. The lowest BCUT2D eigenvalue weighted by Crippen LogP contribution is -2.32. The number of rotatable bonds is 4. The maximum absolute atomic E-state index is 13.8. The van der Waals surface area contributed by atoms with Crippen molar-refractivity contribution in [3.63, 3.8) is 0 Å². The third kappa shape index (κ3) is 3.18. The third-order valence-corrected chi connectivity index (χ3v) is 6.23. The molecule has 7 nitrogen and oxygen atoms in total. The maximum Gasteiger partial charge on any atom is 0.226 e. The Labute approximate surface area is 195 Å². The quantitative estimate of drug-likeness (QED) is 0.466. The highest BCUT2D eigenvalue weighted by atomic mass is 19.1. The van der Waals surface area contributed by atoms with Gasteiger partial charge in [0.2, 0.25) is 5.95 Å². The summed E-state index contributed by atoms with van der Waals surface area (Å²) in [5.74, 6) is 2.49. The number of hydrogen-bond acceptors (Lipinski definition) is 6. The Morgan fingerprint density at radius 1 is 0.912 bits per heavy atom. The number of benzene rings is 3. The molecule has 8 heteroatoms. The van der Waals surface area contributed by atoms with Crippen LogP contribution in [0.4, 0.5) is 10.3 Å². The summed E-state index contributed by atoms with van der Waals surface area (Å²) in [7, 11) is 3.27. The van der Waals surface area contributed by atoms with E-state index in [2.05, 4.69) is 15.4 Å². The zero-order chi connectivity index (χ0) is 23.2. The molecule has 0 saturated heterocycles. The van der Waals surface area contributed by atoms with Gasteiger partial charge in [-0.2, -0.15) is 10.1 Å². The lowest BCUT2D eigenvalue weighted by Gasteiger charge is -2.39. The van der Waals surface area contributed by atoms with Crippen molar-refractivity contribution in [3.05, 3.63) is 101 Å². The van der Waals surface area contributed by atoms with Crippen molar-refractivity contribution in [1.82, 2.24) is 14.8 Å². The molecular weight excluding hydrogens is 435 g/mol. The Bertz CT molecular complexity index is 1400. The first-order chi connectivity index (χ1) is 16.7. The average Bonchev–Trinajstić information content (AvgIpc) is 3.36. The Morgan fingerprint density at radius 2 is 1.62 bits per heavy atom. The molecule has 1 N–H and O–H groups in total. The molecule has 0 saturated carbocycles. The predicted octanol–water partition coefficient (Wildman–Crippen LogP) is 4.99. The molecule has 0 fully saturated rings. The van der Waals surface area contributed by atoms with E-state index in [0.29, 0.717) is 11.7 Å².